The Kier molecular flexibility index (Phi) is 2.89. The number of aromatic nitrogens is 2. The van der Waals surface area contributed by atoms with E-state index in [2.05, 4.69) is 10.00 Å². The Morgan fingerprint density at radius 1 is 1.32 bits per heavy atom. The number of rotatable bonds is 2. The second-order valence-corrected chi connectivity index (χ2v) is 4.88. The van der Waals surface area contributed by atoms with Crippen molar-refractivity contribution in [3.8, 4) is 0 Å². The third kappa shape index (κ3) is 1.95. The van der Waals surface area contributed by atoms with E-state index in [9.17, 15) is 4.79 Å². The van der Waals surface area contributed by atoms with E-state index in [-0.39, 0.29) is 5.97 Å². The number of carbonyl (C=O) groups is 1. The van der Waals surface area contributed by atoms with Crippen molar-refractivity contribution in [2.75, 3.05) is 25.1 Å². The molecule has 100 valence electrons. The van der Waals surface area contributed by atoms with Gasteiger partial charge in [0.15, 0.2) is 0 Å². The van der Waals surface area contributed by atoms with Crippen LogP contribution in [-0.4, -0.2) is 35.9 Å². The molecule has 0 radical (unpaired) electrons. The van der Waals surface area contributed by atoms with Gasteiger partial charge in [-0.15, -0.1) is 0 Å². The molecule has 1 saturated heterocycles. The summed E-state index contributed by atoms with van der Waals surface area (Å²) in [4.78, 5) is 14.1. The monoisotopic (exact) mass is 259 g/mol. The van der Waals surface area contributed by atoms with Crippen molar-refractivity contribution in [3.05, 3.63) is 23.9 Å². The fraction of sp³-hybridized carbons (Fsp3) is 0.429. The fourth-order valence-corrected chi connectivity index (χ4v) is 2.71. The second-order valence-electron chi connectivity index (χ2n) is 4.88. The molecule has 0 aliphatic carbocycles. The van der Waals surface area contributed by atoms with Gasteiger partial charge in [-0.2, -0.15) is 5.10 Å². The zero-order valence-electron chi connectivity index (χ0n) is 11.2. The first-order valence-corrected chi connectivity index (χ1v) is 6.50. The summed E-state index contributed by atoms with van der Waals surface area (Å²) in [5.41, 5.74) is 2.41. The maximum atomic E-state index is 11.8. The largest absolute Gasteiger partial charge is 0.465 e. The normalized spacial score (nSPS) is 15.2. The van der Waals surface area contributed by atoms with Gasteiger partial charge in [0.1, 0.15) is 5.52 Å². The van der Waals surface area contributed by atoms with Crippen molar-refractivity contribution in [3.63, 3.8) is 0 Å². The van der Waals surface area contributed by atoms with Gasteiger partial charge in [-0.1, -0.05) is 0 Å². The van der Waals surface area contributed by atoms with Crippen LogP contribution in [0.15, 0.2) is 18.3 Å². The average molecular weight is 259 g/mol. The van der Waals surface area contributed by atoms with Gasteiger partial charge < -0.3 is 9.64 Å². The molecule has 1 aliphatic rings. The van der Waals surface area contributed by atoms with Crippen LogP contribution in [0, 0.1) is 0 Å². The van der Waals surface area contributed by atoms with E-state index in [1.54, 1.807) is 4.68 Å². The molecule has 0 spiro atoms. The zero-order chi connectivity index (χ0) is 13.4. The molecular weight excluding hydrogens is 242 g/mol. The maximum Gasteiger partial charge on any atom is 0.340 e. The summed E-state index contributed by atoms with van der Waals surface area (Å²) in [5.74, 6) is -0.336. The third-order valence-corrected chi connectivity index (χ3v) is 3.62. The Hall–Kier alpha value is -2.04. The summed E-state index contributed by atoms with van der Waals surface area (Å²) >= 11 is 0. The number of benzene rings is 1. The minimum atomic E-state index is -0.336. The first-order chi connectivity index (χ1) is 9.20. The molecule has 1 fully saturated rings. The SMILES string of the molecule is COC(=O)c1ccc(N2CCCC2)c2cn(C)nc12. The topological polar surface area (TPSA) is 47.4 Å². The highest BCUT2D eigenvalue weighted by molar-refractivity contribution is 6.06. The van der Waals surface area contributed by atoms with Crippen molar-refractivity contribution in [2.45, 2.75) is 12.8 Å². The number of nitrogens with zero attached hydrogens (tertiary/aromatic N) is 3. The Morgan fingerprint density at radius 2 is 2.05 bits per heavy atom. The summed E-state index contributed by atoms with van der Waals surface area (Å²) < 4.78 is 6.56. The number of carbonyl (C=O) groups excluding carboxylic acids is 1. The number of hydrogen-bond acceptors (Lipinski definition) is 4. The molecular formula is C14H17N3O2. The van der Waals surface area contributed by atoms with Crippen LogP contribution in [0.3, 0.4) is 0 Å². The quantitative estimate of drug-likeness (QED) is 0.773. The molecule has 0 saturated carbocycles. The average Bonchev–Trinajstić information content (AvgIpc) is 3.04. The van der Waals surface area contributed by atoms with Crippen LogP contribution >= 0.6 is 0 Å². The molecule has 19 heavy (non-hydrogen) atoms. The van der Waals surface area contributed by atoms with Gasteiger partial charge in [-0.3, -0.25) is 4.68 Å². The molecule has 1 aromatic carbocycles. The first-order valence-electron chi connectivity index (χ1n) is 6.50. The fourth-order valence-electron chi connectivity index (χ4n) is 2.71. The summed E-state index contributed by atoms with van der Waals surface area (Å²) in [6, 6.07) is 3.82. The molecule has 0 N–H and O–H groups in total. The van der Waals surface area contributed by atoms with Gasteiger partial charge in [0.05, 0.1) is 12.7 Å². The van der Waals surface area contributed by atoms with Gasteiger partial charge >= 0.3 is 5.97 Å². The highest BCUT2D eigenvalue weighted by Crippen LogP contribution is 2.31. The Balaban J connectivity index is 2.18. The highest BCUT2D eigenvalue weighted by Gasteiger charge is 2.20. The predicted octanol–water partition coefficient (Wildman–Crippen LogP) is 1.96. The molecule has 0 bridgehead atoms. The minimum Gasteiger partial charge on any atom is -0.465 e. The number of aryl methyl sites for hydroxylation is 1. The van der Waals surface area contributed by atoms with Crippen LogP contribution in [-0.2, 0) is 11.8 Å². The van der Waals surface area contributed by atoms with E-state index < -0.39 is 0 Å². The Bertz CT molecular complexity index is 627. The van der Waals surface area contributed by atoms with E-state index in [0.717, 1.165) is 29.7 Å². The first kappa shape index (κ1) is 12.0. The maximum absolute atomic E-state index is 11.8. The molecule has 0 amide bonds. The predicted molar refractivity (Wildman–Crippen MR) is 73.5 cm³/mol. The molecule has 5 heteroatoms. The molecule has 1 aliphatic heterocycles. The minimum absolute atomic E-state index is 0.336. The molecule has 2 heterocycles. The zero-order valence-corrected chi connectivity index (χ0v) is 11.2. The van der Waals surface area contributed by atoms with Crippen LogP contribution < -0.4 is 4.90 Å². The number of anilines is 1. The molecule has 5 nitrogen and oxygen atoms in total. The van der Waals surface area contributed by atoms with Crippen LogP contribution in [0.4, 0.5) is 5.69 Å². The van der Waals surface area contributed by atoms with Gasteiger partial charge in [-0.05, 0) is 25.0 Å². The van der Waals surface area contributed by atoms with Crippen LogP contribution in [0.25, 0.3) is 10.9 Å². The lowest BCUT2D eigenvalue weighted by Gasteiger charge is -2.18. The molecule has 0 unspecified atom stereocenters. The number of methoxy groups -OCH3 is 1. The molecule has 0 atom stereocenters. The lowest BCUT2D eigenvalue weighted by molar-refractivity contribution is 0.0603. The van der Waals surface area contributed by atoms with Gasteiger partial charge in [0.2, 0.25) is 0 Å². The van der Waals surface area contributed by atoms with Gasteiger partial charge in [0, 0.05) is 37.4 Å². The summed E-state index contributed by atoms with van der Waals surface area (Å²) in [6.07, 6.45) is 4.41. The van der Waals surface area contributed by atoms with Crippen molar-refractivity contribution < 1.29 is 9.53 Å². The standard InChI is InChI=1S/C14H17N3O2/c1-16-9-11-12(17-7-3-4-8-17)6-5-10(13(11)15-16)14(18)19-2/h5-6,9H,3-4,7-8H2,1-2H3. The second kappa shape index (κ2) is 4.57. The van der Waals surface area contributed by atoms with Crippen molar-refractivity contribution in [1.82, 2.24) is 9.78 Å². The number of fused-ring (bicyclic) bond motifs is 1. The summed E-state index contributed by atoms with van der Waals surface area (Å²) in [5, 5.41) is 5.42. The van der Waals surface area contributed by atoms with Crippen molar-refractivity contribution >= 4 is 22.6 Å². The molecule has 2 aromatic rings. The van der Waals surface area contributed by atoms with E-state index in [0.29, 0.717) is 5.56 Å². The highest BCUT2D eigenvalue weighted by atomic mass is 16.5. The number of esters is 1. The van der Waals surface area contributed by atoms with Crippen LogP contribution in [0.1, 0.15) is 23.2 Å². The van der Waals surface area contributed by atoms with Crippen LogP contribution in [0.5, 0.6) is 0 Å². The molecule has 1 aromatic heterocycles. The third-order valence-electron chi connectivity index (χ3n) is 3.62. The molecule has 3 rings (SSSR count). The van der Waals surface area contributed by atoms with E-state index in [1.807, 2.05) is 25.4 Å². The lowest BCUT2D eigenvalue weighted by Crippen LogP contribution is -2.18. The van der Waals surface area contributed by atoms with Gasteiger partial charge in [-0.25, -0.2) is 4.79 Å². The Labute approximate surface area is 111 Å². The van der Waals surface area contributed by atoms with E-state index in [4.69, 9.17) is 4.74 Å². The summed E-state index contributed by atoms with van der Waals surface area (Å²) in [7, 11) is 3.26. The number of hydrogen-bond donors (Lipinski definition) is 0. The van der Waals surface area contributed by atoms with Crippen molar-refractivity contribution in [2.24, 2.45) is 7.05 Å². The van der Waals surface area contributed by atoms with Crippen LogP contribution in [0.2, 0.25) is 0 Å². The number of ether oxygens (including phenoxy) is 1. The Morgan fingerprint density at radius 3 is 2.74 bits per heavy atom. The van der Waals surface area contributed by atoms with Gasteiger partial charge in [0.25, 0.3) is 0 Å². The van der Waals surface area contributed by atoms with Crippen molar-refractivity contribution in [1.29, 1.82) is 0 Å². The van der Waals surface area contributed by atoms with E-state index >= 15 is 0 Å². The van der Waals surface area contributed by atoms with E-state index in [1.165, 1.54) is 20.0 Å². The smallest absolute Gasteiger partial charge is 0.340 e. The summed E-state index contributed by atoms with van der Waals surface area (Å²) in [6.45, 7) is 2.14. The lowest BCUT2D eigenvalue weighted by atomic mass is 10.1.